The predicted molar refractivity (Wildman–Crippen MR) is 105 cm³/mol. The van der Waals surface area contributed by atoms with Gasteiger partial charge in [0.2, 0.25) is 0 Å². The van der Waals surface area contributed by atoms with Gasteiger partial charge in [-0.3, -0.25) is 9.59 Å². The second-order valence-electron chi connectivity index (χ2n) is 7.04. The molecule has 0 unspecified atom stereocenters. The normalized spacial score (nSPS) is 16.5. The van der Waals surface area contributed by atoms with Crippen LogP contribution < -0.4 is 9.47 Å². The van der Waals surface area contributed by atoms with Gasteiger partial charge in [-0.25, -0.2) is 0 Å². The summed E-state index contributed by atoms with van der Waals surface area (Å²) in [5.74, 6) is 0.478. The van der Waals surface area contributed by atoms with E-state index in [9.17, 15) is 14.7 Å². The molecule has 2 aromatic carbocycles. The second kappa shape index (κ2) is 8.33. The number of hydrogen-bond acceptors (Lipinski definition) is 5. The van der Waals surface area contributed by atoms with Gasteiger partial charge in [0.05, 0.1) is 19.8 Å². The lowest BCUT2D eigenvalue weighted by atomic mass is 9.89. The van der Waals surface area contributed by atoms with Crippen molar-refractivity contribution in [2.24, 2.45) is 5.92 Å². The Morgan fingerprint density at radius 3 is 2.50 bits per heavy atom. The van der Waals surface area contributed by atoms with Crippen molar-refractivity contribution < 1.29 is 24.2 Å². The molecule has 3 rings (SSSR count). The number of ketones is 1. The molecular weight excluding hydrogens is 358 g/mol. The molecule has 28 heavy (non-hydrogen) atoms. The maximum Gasteiger partial charge on any atom is 0.257 e. The van der Waals surface area contributed by atoms with Crippen molar-refractivity contribution in [3.05, 3.63) is 53.1 Å². The first-order chi connectivity index (χ1) is 13.4. The van der Waals surface area contributed by atoms with E-state index in [1.165, 1.54) is 7.11 Å². The molecule has 1 aliphatic rings. The van der Waals surface area contributed by atoms with E-state index in [1.54, 1.807) is 48.4 Å². The molecule has 1 aliphatic heterocycles. The minimum atomic E-state index is -0.289. The van der Waals surface area contributed by atoms with E-state index < -0.39 is 0 Å². The highest BCUT2D eigenvalue weighted by Gasteiger charge is 2.30. The summed E-state index contributed by atoms with van der Waals surface area (Å²) in [6, 6.07) is 10.1. The van der Waals surface area contributed by atoms with Crippen LogP contribution in [0.2, 0.25) is 0 Å². The Morgan fingerprint density at radius 2 is 1.82 bits per heavy atom. The molecule has 0 aliphatic carbocycles. The molecule has 1 saturated heterocycles. The number of carbonyl (C=O) groups excluding carboxylic acids is 2. The van der Waals surface area contributed by atoms with Crippen LogP contribution in [0, 0.1) is 12.8 Å². The quantitative estimate of drug-likeness (QED) is 0.801. The molecule has 6 nitrogen and oxygen atoms in total. The summed E-state index contributed by atoms with van der Waals surface area (Å²) in [5, 5.41) is 10.1. The van der Waals surface area contributed by atoms with Gasteiger partial charge >= 0.3 is 0 Å². The molecule has 1 fully saturated rings. The zero-order valence-corrected chi connectivity index (χ0v) is 16.4. The van der Waals surface area contributed by atoms with E-state index in [0.717, 1.165) is 18.4 Å². The summed E-state index contributed by atoms with van der Waals surface area (Å²) in [6.45, 7) is 2.76. The van der Waals surface area contributed by atoms with E-state index in [0.29, 0.717) is 30.2 Å². The molecule has 1 atom stereocenters. The van der Waals surface area contributed by atoms with Gasteiger partial charge in [-0.2, -0.15) is 0 Å². The molecule has 1 amide bonds. The molecule has 0 bridgehead atoms. The van der Waals surface area contributed by atoms with Gasteiger partial charge in [-0.05, 0) is 55.7 Å². The second-order valence-corrected chi connectivity index (χ2v) is 7.04. The van der Waals surface area contributed by atoms with Gasteiger partial charge in [-0.15, -0.1) is 0 Å². The summed E-state index contributed by atoms with van der Waals surface area (Å²) >= 11 is 0. The number of aromatic hydroxyl groups is 1. The van der Waals surface area contributed by atoms with Crippen molar-refractivity contribution in [2.45, 2.75) is 19.8 Å². The zero-order chi connectivity index (χ0) is 20.3. The number of methoxy groups -OCH3 is 2. The fourth-order valence-corrected chi connectivity index (χ4v) is 3.59. The Hall–Kier alpha value is -3.02. The minimum Gasteiger partial charge on any atom is -0.507 e. The topological polar surface area (TPSA) is 76.1 Å². The van der Waals surface area contributed by atoms with Crippen molar-refractivity contribution in [2.75, 3.05) is 27.3 Å². The number of benzene rings is 2. The smallest absolute Gasteiger partial charge is 0.257 e. The van der Waals surface area contributed by atoms with Gasteiger partial charge in [0, 0.05) is 24.6 Å². The summed E-state index contributed by atoms with van der Waals surface area (Å²) in [7, 11) is 3.08. The highest BCUT2D eigenvalue weighted by molar-refractivity contribution is 6.00. The van der Waals surface area contributed by atoms with Crippen LogP contribution in [-0.2, 0) is 0 Å². The fourth-order valence-electron chi connectivity index (χ4n) is 3.59. The third-order valence-electron chi connectivity index (χ3n) is 5.13. The lowest BCUT2D eigenvalue weighted by Gasteiger charge is -2.32. The third-order valence-corrected chi connectivity index (χ3v) is 5.13. The number of nitrogens with zero attached hydrogens (tertiary/aromatic N) is 1. The predicted octanol–water partition coefficient (Wildman–Crippen LogP) is 3.45. The molecular formula is C22H25NO5. The number of phenols is 1. The van der Waals surface area contributed by atoms with Crippen LogP contribution in [0.15, 0.2) is 36.4 Å². The standard InChI is InChI=1S/C22H25NO5/c1-14-6-8-17(18(24)11-14)22(26)23-10-4-5-16(13-23)21(25)15-7-9-19(27-2)20(12-15)28-3/h6-9,11-12,16,24H,4-5,10,13H2,1-3H3/t16-/m1/s1. The Kier molecular flexibility index (Phi) is 5.87. The Balaban J connectivity index is 1.77. The van der Waals surface area contributed by atoms with E-state index in [4.69, 9.17) is 9.47 Å². The van der Waals surface area contributed by atoms with Crippen LogP contribution in [-0.4, -0.2) is 49.0 Å². The van der Waals surface area contributed by atoms with Crippen LogP contribution in [0.1, 0.15) is 39.1 Å². The molecule has 1 N–H and O–H groups in total. The van der Waals surface area contributed by atoms with E-state index >= 15 is 0 Å². The van der Waals surface area contributed by atoms with Crippen LogP contribution in [0.25, 0.3) is 0 Å². The lowest BCUT2D eigenvalue weighted by molar-refractivity contribution is 0.0634. The highest BCUT2D eigenvalue weighted by Crippen LogP contribution is 2.30. The van der Waals surface area contributed by atoms with Crippen LogP contribution in [0.4, 0.5) is 0 Å². The monoisotopic (exact) mass is 383 g/mol. The zero-order valence-electron chi connectivity index (χ0n) is 16.4. The van der Waals surface area contributed by atoms with Gasteiger partial charge in [0.25, 0.3) is 5.91 Å². The van der Waals surface area contributed by atoms with Gasteiger partial charge in [0.1, 0.15) is 5.75 Å². The molecule has 1 heterocycles. The Labute approximate surface area is 164 Å². The maximum absolute atomic E-state index is 13.0. The number of aryl methyl sites for hydroxylation is 1. The van der Waals surface area contributed by atoms with Crippen molar-refractivity contribution in [1.82, 2.24) is 4.90 Å². The lowest BCUT2D eigenvalue weighted by Crippen LogP contribution is -2.42. The number of piperidine rings is 1. The van der Waals surface area contributed by atoms with Crippen LogP contribution in [0.3, 0.4) is 0 Å². The minimum absolute atomic E-state index is 0.0217. The molecule has 0 aromatic heterocycles. The fraction of sp³-hybridized carbons (Fsp3) is 0.364. The molecule has 148 valence electrons. The number of ether oxygens (including phenoxy) is 2. The Morgan fingerprint density at radius 1 is 1.07 bits per heavy atom. The largest absolute Gasteiger partial charge is 0.507 e. The summed E-state index contributed by atoms with van der Waals surface area (Å²) < 4.78 is 10.5. The van der Waals surface area contributed by atoms with E-state index in [1.807, 2.05) is 6.92 Å². The van der Waals surface area contributed by atoms with Crippen LogP contribution >= 0.6 is 0 Å². The van der Waals surface area contributed by atoms with Gasteiger partial charge < -0.3 is 19.5 Å². The van der Waals surface area contributed by atoms with Crippen LogP contribution in [0.5, 0.6) is 17.2 Å². The Bertz CT molecular complexity index is 892. The number of Topliss-reactive ketones (excluding diaryl/α,β-unsaturated/α-hetero) is 1. The molecule has 2 aromatic rings. The molecule has 0 saturated carbocycles. The number of amides is 1. The number of rotatable bonds is 5. The molecule has 6 heteroatoms. The first-order valence-corrected chi connectivity index (χ1v) is 9.29. The van der Waals surface area contributed by atoms with Gasteiger partial charge in [0.15, 0.2) is 17.3 Å². The van der Waals surface area contributed by atoms with Gasteiger partial charge in [-0.1, -0.05) is 6.07 Å². The number of phenolic OH excluding ortho intramolecular Hbond substituents is 1. The first-order valence-electron chi connectivity index (χ1n) is 9.29. The number of hydrogen-bond donors (Lipinski definition) is 1. The average molecular weight is 383 g/mol. The summed E-state index contributed by atoms with van der Waals surface area (Å²) in [6.07, 6.45) is 1.46. The SMILES string of the molecule is COc1ccc(C(=O)[C@@H]2CCCN(C(=O)c3ccc(C)cc3O)C2)cc1OC. The van der Waals surface area contributed by atoms with Crippen molar-refractivity contribution in [3.8, 4) is 17.2 Å². The maximum atomic E-state index is 13.0. The number of carbonyl (C=O) groups is 2. The molecule has 0 radical (unpaired) electrons. The summed E-state index contributed by atoms with van der Waals surface area (Å²) in [5.41, 5.74) is 1.69. The van der Waals surface area contributed by atoms with E-state index in [2.05, 4.69) is 0 Å². The highest BCUT2D eigenvalue weighted by atomic mass is 16.5. The molecule has 0 spiro atoms. The van der Waals surface area contributed by atoms with Crippen molar-refractivity contribution in [1.29, 1.82) is 0 Å². The van der Waals surface area contributed by atoms with Crippen molar-refractivity contribution >= 4 is 11.7 Å². The van der Waals surface area contributed by atoms with E-state index in [-0.39, 0.29) is 28.9 Å². The number of likely N-dealkylation sites (tertiary alicyclic amines) is 1. The van der Waals surface area contributed by atoms with Crippen molar-refractivity contribution in [3.63, 3.8) is 0 Å². The summed E-state index contributed by atoms with van der Waals surface area (Å²) in [4.78, 5) is 27.5. The first kappa shape index (κ1) is 19.7. The average Bonchev–Trinajstić information content (AvgIpc) is 2.72. The third kappa shape index (κ3) is 3.96.